The Labute approximate surface area is 165 Å². The zero-order chi connectivity index (χ0) is 21.2. The van der Waals surface area contributed by atoms with Crippen LogP contribution in [0.25, 0.3) is 0 Å². The molecule has 0 fully saturated rings. The lowest BCUT2D eigenvalue weighted by molar-refractivity contribution is -0.139. The van der Waals surface area contributed by atoms with E-state index in [0.717, 1.165) is 6.92 Å². The number of methoxy groups -OCH3 is 1. The number of ether oxygens (including phenoxy) is 1. The number of aliphatic hydroxyl groups excluding tert-OH is 1. The van der Waals surface area contributed by atoms with Crippen molar-refractivity contribution in [3.05, 3.63) is 51.6 Å². The molecule has 150 valence electrons. The highest BCUT2D eigenvalue weighted by Gasteiger charge is 2.47. The second-order valence-corrected chi connectivity index (χ2v) is 7.36. The van der Waals surface area contributed by atoms with Crippen molar-refractivity contribution in [1.29, 1.82) is 0 Å². The van der Waals surface area contributed by atoms with E-state index in [-0.39, 0.29) is 28.0 Å². The van der Waals surface area contributed by atoms with Gasteiger partial charge in [0.15, 0.2) is 11.6 Å². The van der Waals surface area contributed by atoms with Gasteiger partial charge < -0.3 is 25.2 Å². The van der Waals surface area contributed by atoms with Crippen molar-refractivity contribution in [3.63, 3.8) is 0 Å². The molecule has 0 amide bonds. The first kappa shape index (κ1) is 19.1. The van der Waals surface area contributed by atoms with Crippen LogP contribution in [0.1, 0.15) is 62.4 Å². The molecule has 0 saturated heterocycles. The van der Waals surface area contributed by atoms with Gasteiger partial charge in [0, 0.05) is 29.5 Å². The van der Waals surface area contributed by atoms with Crippen molar-refractivity contribution in [2.75, 3.05) is 7.11 Å². The first-order valence-electron chi connectivity index (χ1n) is 8.91. The Balaban J connectivity index is 2.04. The Morgan fingerprint density at radius 2 is 1.76 bits per heavy atom. The third-order valence-electron chi connectivity index (χ3n) is 5.75. The molecular formula is C21H18O8. The third kappa shape index (κ3) is 2.43. The molecule has 2 aliphatic carbocycles. The van der Waals surface area contributed by atoms with Crippen LogP contribution in [-0.4, -0.2) is 50.5 Å². The molecule has 2 atom stereocenters. The standard InChI is InChI=1S/C21H18O8/c1-8(22)21(28)6-10-13(11(23)7-21)19(26)16-15(18(10)25)17(24)9-4-3-5-12(29-2)14(9)20(16)27/h3-5,11,23,25-26,28H,6-7H2,1-2H3/t11-,21+/m1/s1. The summed E-state index contributed by atoms with van der Waals surface area (Å²) in [5.41, 5.74) is -3.19. The number of phenols is 2. The molecule has 0 aliphatic heterocycles. The monoisotopic (exact) mass is 398 g/mol. The van der Waals surface area contributed by atoms with E-state index >= 15 is 0 Å². The van der Waals surface area contributed by atoms with Crippen molar-refractivity contribution in [3.8, 4) is 17.2 Å². The average molecular weight is 398 g/mol. The fourth-order valence-corrected chi connectivity index (χ4v) is 4.21. The van der Waals surface area contributed by atoms with Crippen LogP contribution in [0.2, 0.25) is 0 Å². The molecule has 8 heteroatoms. The number of aromatic hydroxyl groups is 2. The number of carbonyl (C=O) groups is 3. The second kappa shape index (κ2) is 6.13. The van der Waals surface area contributed by atoms with E-state index in [9.17, 15) is 34.8 Å². The fourth-order valence-electron chi connectivity index (χ4n) is 4.21. The molecule has 4 rings (SSSR count). The highest BCUT2D eigenvalue weighted by atomic mass is 16.5. The number of Topliss-reactive ketones (excluding diaryl/α,β-unsaturated/α-hetero) is 1. The van der Waals surface area contributed by atoms with E-state index in [1.54, 1.807) is 0 Å². The van der Waals surface area contributed by atoms with Crippen molar-refractivity contribution in [2.45, 2.75) is 31.5 Å². The van der Waals surface area contributed by atoms with Crippen LogP contribution in [0.15, 0.2) is 18.2 Å². The zero-order valence-corrected chi connectivity index (χ0v) is 15.6. The number of phenolic OH excluding ortho intramolecular Hbond substituents is 2. The molecule has 0 spiro atoms. The van der Waals surface area contributed by atoms with Gasteiger partial charge in [-0.1, -0.05) is 12.1 Å². The lowest BCUT2D eigenvalue weighted by atomic mass is 9.72. The van der Waals surface area contributed by atoms with Gasteiger partial charge in [-0.2, -0.15) is 0 Å². The number of fused-ring (bicyclic) bond motifs is 3. The molecule has 0 heterocycles. The molecular weight excluding hydrogens is 380 g/mol. The first-order chi connectivity index (χ1) is 13.6. The summed E-state index contributed by atoms with van der Waals surface area (Å²) in [4.78, 5) is 38.1. The topological polar surface area (TPSA) is 141 Å². The van der Waals surface area contributed by atoms with Crippen LogP contribution in [0.5, 0.6) is 17.2 Å². The maximum Gasteiger partial charge on any atom is 0.202 e. The first-order valence-corrected chi connectivity index (χ1v) is 8.91. The lowest BCUT2D eigenvalue weighted by Crippen LogP contribution is -2.44. The number of hydrogen-bond acceptors (Lipinski definition) is 8. The SMILES string of the molecule is COc1cccc2c1C(=O)c1c(O)c3c(c(O)c1C2=O)C[C@@](O)(C(C)=O)C[C@H]3O. The quantitative estimate of drug-likeness (QED) is 0.472. The van der Waals surface area contributed by atoms with Crippen LogP contribution >= 0.6 is 0 Å². The smallest absolute Gasteiger partial charge is 0.202 e. The van der Waals surface area contributed by atoms with Gasteiger partial charge in [-0.3, -0.25) is 14.4 Å². The molecule has 0 bridgehead atoms. The summed E-state index contributed by atoms with van der Waals surface area (Å²) < 4.78 is 5.17. The van der Waals surface area contributed by atoms with Gasteiger partial charge in [-0.15, -0.1) is 0 Å². The fraction of sp³-hybridized carbons (Fsp3) is 0.286. The molecule has 0 aromatic heterocycles. The van der Waals surface area contributed by atoms with Crippen LogP contribution in [0, 0.1) is 0 Å². The van der Waals surface area contributed by atoms with Gasteiger partial charge in [0.1, 0.15) is 22.8 Å². The number of rotatable bonds is 2. The summed E-state index contributed by atoms with van der Waals surface area (Å²) >= 11 is 0. The molecule has 2 aliphatic rings. The Bertz CT molecular complexity index is 1120. The maximum absolute atomic E-state index is 13.1. The number of hydrogen-bond donors (Lipinski definition) is 4. The van der Waals surface area contributed by atoms with E-state index in [2.05, 4.69) is 0 Å². The van der Waals surface area contributed by atoms with Crippen LogP contribution in [-0.2, 0) is 11.2 Å². The minimum Gasteiger partial charge on any atom is -0.507 e. The number of aliphatic hydroxyl groups is 2. The van der Waals surface area contributed by atoms with E-state index < -0.39 is 64.5 Å². The number of benzene rings is 2. The third-order valence-corrected chi connectivity index (χ3v) is 5.75. The maximum atomic E-state index is 13.1. The summed E-state index contributed by atoms with van der Waals surface area (Å²) in [6.45, 7) is 1.14. The van der Waals surface area contributed by atoms with Crippen LogP contribution in [0.4, 0.5) is 0 Å². The highest BCUT2D eigenvalue weighted by molar-refractivity contribution is 6.31. The Morgan fingerprint density at radius 3 is 2.38 bits per heavy atom. The molecule has 4 N–H and O–H groups in total. The highest BCUT2D eigenvalue weighted by Crippen LogP contribution is 2.50. The summed E-state index contributed by atoms with van der Waals surface area (Å²) in [5.74, 6) is -3.23. The van der Waals surface area contributed by atoms with E-state index in [1.165, 1.54) is 25.3 Å². The normalized spacial score (nSPS) is 22.6. The van der Waals surface area contributed by atoms with Gasteiger partial charge >= 0.3 is 0 Å². The molecule has 0 radical (unpaired) electrons. The van der Waals surface area contributed by atoms with Gasteiger partial charge in [0.05, 0.1) is 29.9 Å². The predicted molar refractivity (Wildman–Crippen MR) is 98.5 cm³/mol. The second-order valence-electron chi connectivity index (χ2n) is 7.36. The molecule has 29 heavy (non-hydrogen) atoms. The van der Waals surface area contributed by atoms with E-state index in [4.69, 9.17) is 4.74 Å². The molecule has 2 aromatic carbocycles. The molecule has 2 aromatic rings. The van der Waals surface area contributed by atoms with Gasteiger partial charge in [-0.05, 0) is 13.0 Å². The van der Waals surface area contributed by atoms with Crippen molar-refractivity contribution in [1.82, 2.24) is 0 Å². The Hall–Kier alpha value is -3.23. The minimum atomic E-state index is -1.96. The summed E-state index contributed by atoms with van der Waals surface area (Å²) in [6, 6.07) is 4.41. The Morgan fingerprint density at radius 1 is 1.10 bits per heavy atom. The number of ketones is 3. The largest absolute Gasteiger partial charge is 0.507 e. The minimum absolute atomic E-state index is 0.00492. The summed E-state index contributed by atoms with van der Waals surface area (Å²) in [6.07, 6.45) is -2.34. The number of carbonyl (C=O) groups excluding carboxylic acids is 3. The van der Waals surface area contributed by atoms with Crippen LogP contribution < -0.4 is 4.74 Å². The molecule has 0 saturated carbocycles. The van der Waals surface area contributed by atoms with Gasteiger partial charge in [-0.25, -0.2) is 0 Å². The van der Waals surface area contributed by atoms with Crippen molar-refractivity contribution >= 4 is 17.3 Å². The lowest BCUT2D eigenvalue weighted by Gasteiger charge is -2.36. The van der Waals surface area contributed by atoms with Crippen LogP contribution in [0.3, 0.4) is 0 Å². The van der Waals surface area contributed by atoms with Gasteiger partial charge in [0.2, 0.25) is 5.78 Å². The van der Waals surface area contributed by atoms with Crippen molar-refractivity contribution in [2.24, 2.45) is 0 Å². The summed E-state index contributed by atoms with van der Waals surface area (Å²) in [7, 11) is 1.33. The summed E-state index contributed by atoms with van der Waals surface area (Å²) in [5, 5.41) is 42.7. The van der Waals surface area contributed by atoms with E-state index in [1.807, 2.05) is 0 Å². The molecule has 0 unspecified atom stereocenters. The van der Waals surface area contributed by atoms with E-state index in [0.29, 0.717) is 0 Å². The zero-order valence-electron chi connectivity index (χ0n) is 15.6. The Kier molecular flexibility index (Phi) is 4.04. The predicted octanol–water partition coefficient (Wildman–Crippen LogP) is 1.18. The molecule has 8 nitrogen and oxygen atoms in total. The van der Waals surface area contributed by atoms with Crippen molar-refractivity contribution < 1.29 is 39.5 Å². The average Bonchev–Trinajstić information content (AvgIpc) is 2.67. The van der Waals surface area contributed by atoms with Gasteiger partial charge in [0.25, 0.3) is 0 Å².